The van der Waals surface area contributed by atoms with E-state index in [9.17, 15) is 22.4 Å². The Bertz CT molecular complexity index is 696. The molecule has 1 amide bonds. The minimum atomic E-state index is -4.65. The van der Waals surface area contributed by atoms with Crippen LogP contribution in [0.5, 0.6) is 0 Å². The second-order valence-corrected chi connectivity index (χ2v) is 5.08. The van der Waals surface area contributed by atoms with E-state index in [2.05, 4.69) is 10.4 Å². The summed E-state index contributed by atoms with van der Waals surface area (Å²) in [7, 11) is 0. The number of aliphatic hydroxyl groups is 1. The van der Waals surface area contributed by atoms with Crippen LogP contribution < -0.4 is 5.32 Å². The Kier molecular flexibility index (Phi) is 5.55. The number of amides is 1. The fourth-order valence-corrected chi connectivity index (χ4v) is 2.09. The number of hydrogen-bond acceptors (Lipinski definition) is 3. The summed E-state index contributed by atoms with van der Waals surface area (Å²) in [5.74, 6) is -0.941. The van der Waals surface area contributed by atoms with E-state index in [0.29, 0.717) is 5.56 Å². The molecule has 0 aliphatic heterocycles. The molecule has 0 aliphatic carbocycles. The van der Waals surface area contributed by atoms with Crippen LogP contribution in [0.25, 0.3) is 0 Å². The average molecular weight is 345 g/mol. The number of carbonyl (C=O) groups is 1. The van der Waals surface area contributed by atoms with E-state index in [4.69, 9.17) is 5.11 Å². The molecular weight excluding hydrogens is 330 g/mol. The minimum absolute atomic E-state index is 0.121. The summed E-state index contributed by atoms with van der Waals surface area (Å²) in [6, 6.07) is 5.47. The molecule has 1 aromatic heterocycles. The van der Waals surface area contributed by atoms with Gasteiger partial charge in [0, 0.05) is 24.9 Å². The van der Waals surface area contributed by atoms with E-state index in [1.54, 1.807) is 0 Å². The van der Waals surface area contributed by atoms with Gasteiger partial charge in [0.2, 0.25) is 5.91 Å². The van der Waals surface area contributed by atoms with E-state index in [0.717, 1.165) is 10.9 Å². The standard InChI is InChI=1S/C15H15F4N3O2/c16-12-3-1-10(2-4-12)7-20-13(24)9-22-8-11(5-6-23)14(21-22)15(17,18)19/h1-4,8,23H,5-7,9H2,(H,20,24). The zero-order valence-corrected chi connectivity index (χ0v) is 12.5. The summed E-state index contributed by atoms with van der Waals surface area (Å²) < 4.78 is 52.2. The lowest BCUT2D eigenvalue weighted by molar-refractivity contribution is -0.142. The highest BCUT2D eigenvalue weighted by Crippen LogP contribution is 2.30. The number of benzene rings is 1. The third-order valence-electron chi connectivity index (χ3n) is 3.20. The molecule has 1 aromatic carbocycles. The van der Waals surface area contributed by atoms with Crippen molar-refractivity contribution in [2.75, 3.05) is 6.61 Å². The first kappa shape index (κ1) is 17.9. The van der Waals surface area contributed by atoms with Crippen molar-refractivity contribution in [3.8, 4) is 0 Å². The van der Waals surface area contributed by atoms with Gasteiger partial charge < -0.3 is 10.4 Å². The molecule has 24 heavy (non-hydrogen) atoms. The summed E-state index contributed by atoms with van der Waals surface area (Å²) in [4.78, 5) is 11.8. The first-order valence-corrected chi connectivity index (χ1v) is 7.05. The van der Waals surface area contributed by atoms with Gasteiger partial charge in [0.25, 0.3) is 0 Å². The number of halogens is 4. The van der Waals surface area contributed by atoms with Crippen LogP contribution in [0.1, 0.15) is 16.8 Å². The average Bonchev–Trinajstić information content (AvgIpc) is 2.90. The van der Waals surface area contributed by atoms with Crippen molar-refractivity contribution < 1.29 is 27.5 Å². The number of rotatable bonds is 6. The van der Waals surface area contributed by atoms with Gasteiger partial charge in [-0.3, -0.25) is 9.48 Å². The summed E-state index contributed by atoms with van der Waals surface area (Å²) in [5, 5.41) is 14.7. The van der Waals surface area contributed by atoms with Gasteiger partial charge in [0.15, 0.2) is 5.69 Å². The summed E-state index contributed by atoms with van der Waals surface area (Å²) in [6.07, 6.45) is -3.76. The minimum Gasteiger partial charge on any atom is -0.396 e. The Morgan fingerprint density at radius 2 is 1.92 bits per heavy atom. The van der Waals surface area contributed by atoms with Crippen molar-refractivity contribution in [1.82, 2.24) is 15.1 Å². The topological polar surface area (TPSA) is 67.2 Å². The quantitative estimate of drug-likeness (QED) is 0.786. The monoisotopic (exact) mass is 345 g/mol. The summed E-state index contributed by atoms with van der Waals surface area (Å²) >= 11 is 0. The van der Waals surface area contributed by atoms with Gasteiger partial charge >= 0.3 is 6.18 Å². The van der Waals surface area contributed by atoms with E-state index in [1.165, 1.54) is 24.3 Å². The van der Waals surface area contributed by atoms with Gasteiger partial charge in [-0.2, -0.15) is 18.3 Å². The molecule has 9 heteroatoms. The lowest BCUT2D eigenvalue weighted by Gasteiger charge is -2.06. The van der Waals surface area contributed by atoms with E-state index >= 15 is 0 Å². The predicted molar refractivity (Wildman–Crippen MR) is 76.3 cm³/mol. The van der Waals surface area contributed by atoms with Crippen molar-refractivity contribution in [3.63, 3.8) is 0 Å². The molecule has 0 fully saturated rings. The first-order valence-electron chi connectivity index (χ1n) is 7.05. The Hall–Kier alpha value is -2.42. The fraction of sp³-hybridized carbons (Fsp3) is 0.333. The molecule has 2 rings (SSSR count). The van der Waals surface area contributed by atoms with Gasteiger partial charge in [-0.15, -0.1) is 0 Å². The van der Waals surface area contributed by atoms with E-state index in [-0.39, 0.29) is 18.5 Å². The largest absolute Gasteiger partial charge is 0.435 e. The van der Waals surface area contributed by atoms with Crippen LogP contribution in [0.15, 0.2) is 30.5 Å². The van der Waals surface area contributed by atoms with Crippen molar-refractivity contribution in [1.29, 1.82) is 0 Å². The number of aromatic nitrogens is 2. The molecule has 0 bridgehead atoms. The van der Waals surface area contributed by atoms with Crippen LogP contribution in [-0.4, -0.2) is 27.4 Å². The zero-order valence-electron chi connectivity index (χ0n) is 12.5. The van der Waals surface area contributed by atoms with Crippen molar-refractivity contribution >= 4 is 5.91 Å². The lowest BCUT2D eigenvalue weighted by atomic mass is 10.2. The highest BCUT2D eigenvalue weighted by Gasteiger charge is 2.37. The maximum atomic E-state index is 12.8. The maximum Gasteiger partial charge on any atom is 0.435 e. The van der Waals surface area contributed by atoms with Crippen LogP contribution >= 0.6 is 0 Å². The zero-order chi connectivity index (χ0) is 17.7. The van der Waals surface area contributed by atoms with E-state index in [1.807, 2.05) is 0 Å². The third kappa shape index (κ3) is 4.79. The lowest BCUT2D eigenvalue weighted by Crippen LogP contribution is -2.27. The predicted octanol–water partition coefficient (Wildman–Crippen LogP) is 1.89. The van der Waals surface area contributed by atoms with Gasteiger partial charge in [0.1, 0.15) is 12.4 Å². The highest BCUT2D eigenvalue weighted by molar-refractivity contribution is 5.75. The third-order valence-corrected chi connectivity index (χ3v) is 3.20. The number of carbonyl (C=O) groups excluding carboxylic acids is 1. The Morgan fingerprint density at radius 1 is 1.25 bits per heavy atom. The molecule has 2 aromatic rings. The van der Waals surface area contributed by atoms with Crippen molar-refractivity contribution in [3.05, 3.63) is 53.1 Å². The molecule has 130 valence electrons. The van der Waals surface area contributed by atoms with Crippen LogP contribution in [0.3, 0.4) is 0 Å². The Labute approximate surface area is 134 Å². The van der Waals surface area contributed by atoms with Gasteiger partial charge in [-0.05, 0) is 24.1 Å². The van der Waals surface area contributed by atoms with Gasteiger partial charge in [-0.1, -0.05) is 12.1 Å². The SMILES string of the molecule is O=C(Cn1cc(CCO)c(C(F)(F)F)n1)NCc1ccc(F)cc1. The Balaban J connectivity index is 1.99. The number of hydrogen-bond donors (Lipinski definition) is 2. The summed E-state index contributed by atoms with van der Waals surface area (Å²) in [5.41, 5.74) is -0.624. The first-order chi connectivity index (χ1) is 11.3. The van der Waals surface area contributed by atoms with Crippen LogP contribution in [0.4, 0.5) is 17.6 Å². The number of nitrogens with one attached hydrogen (secondary N) is 1. The van der Waals surface area contributed by atoms with E-state index < -0.39 is 36.7 Å². The Morgan fingerprint density at radius 3 is 2.50 bits per heavy atom. The molecule has 0 spiro atoms. The smallest absolute Gasteiger partial charge is 0.396 e. The second-order valence-electron chi connectivity index (χ2n) is 5.08. The van der Waals surface area contributed by atoms with Crippen LogP contribution in [-0.2, 0) is 30.5 Å². The molecule has 0 unspecified atom stereocenters. The number of alkyl halides is 3. The molecular formula is C15H15F4N3O2. The molecule has 0 aliphatic rings. The molecule has 0 radical (unpaired) electrons. The molecule has 5 nitrogen and oxygen atoms in total. The normalized spacial score (nSPS) is 11.5. The molecule has 0 saturated carbocycles. The van der Waals surface area contributed by atoms with Gasteiger partial charge in [-0.25, -0.2) is 4.39 Å². The molecule has 0 saturated heterocycles. The van der Waals surface area contributed by atoms with Crippen molar-refractivity contribution in [2.24, 2.45) is 0 Å². The van der Waals surface area contributed by atoms with Crippen molar-refractivity contribution in [2.45, 2.75) is 25.7 Å². The molecule has 1 heterocycles. The second kappa shape index (κ2) is 7.43. The van der Waals surface area contributed by atoms with Crippen LogP contribution in [0.2, 0.25) is 0 Å². The highest BCUT2D eigenvalue weighted by atomic mass is 19.4. The number of aliphatic hydroxyl groups excluding tert-OH is 1. The van der Waals surface area contributed by atoms with Gasteiger partial charge in [0.05, 0.1) is 0 Å². The maximum absolute atomic E-state index is 12.8. The van der Waals surface area contributed by atoms with Crippen LogP contribution in [0, 0.1) is 5.82 Å². The fourth-order valence-electron chi connectivity index (χ4n) is 2.09. The molecule has 0 atom stereocenters. The number of nitrogens with zero attached hydrogens (tertiary/aromatic N) is 2. The molecule has 2 N–H and O–H groups in total. The summed E-state index contributed by atoms with van der Waals surface area (Å²) in [6.45, 7) is -0.725.